The van der Waals surface area contributed by atoms with Crippen LogP contribution in [0.4, 0.5) is 0 Å². The van der Waals surface area contributed by atoms with Crippen molar-refractivity contribution in [2.45, 2.75) is 20.5 Å². The van der Waals surface area contributed by atoms with Crippen LogP contribution in [0.3, 0.4) is 0 Å². The Morgan fingerprint density at radius 3 is 2.58 bits per heavy atom. The van der Waals surface area contributed by atoms with E-state index in [1.54, 1.807) is 0 Å². The highest BCUT2D eigenvalue weighted by Crippen LogP contribution is 2.14. The van der Waals surface area contributed by atoms with E-state index in [1.165, 1.54) is 0 Å². The second-order valence-corrected chi connectivity index (χ2v) is 2.93. The van der Waals surface area contributed by atoms with Crippen LogP contribution in [0.1, 0.15) is 27.0 Å². The smallest absolute Gasteiger partial charge is 0.150 e. The minimum Gasteiger partial charge on any atom is -0.392 e. The van der Waals surface area contributed by atoms with Crippen molar-refractivity contribution in [2.75, 3.05) is 0 Å². The lowest BCUT2D eigenvalue weighted by molar-refractivity contribution is 0.112. The second kappa shape index (κ2) is 3.50. The van der Waals surface area contributed by atoms with Gasteiger partial charge in [-0.1, -0.05) is 17.7 Å². The molecule has 0 fully saturated rings. The van der Waals surface area contributed by atoms with Crippen molar-refractivity contribution in [1.29, 1.82) is 0 Å². The first-order valence-corrected chi connectivity index (χ1v) is 3.85. The number of carbonyl (C=O) groups excluding carboxylic acids is 1. The summed E-state index contributed by atoms with van der Waals surface area (Å²) in [6, 6.07) is 3.76. The monoisotopic (exact) mass is 164 g/mol. The number of hydrogen-bond acceptors (Lipinski definition) is 2. The highest BCUT2D eigenvalue weighted by atomic mass is 16.3. The molecule has 0 atom stereocenters. The molecular formula is C10H12O2. The van der Waals surface area contributed by atoms with Gasteiger partial charge in [0, 0.05) is 5.56 Å². The van der Waals surface area contributed by atoms with Crippen molar-refractivity contribution < 1.29 is 9.90 Å². The maximum Gasteiger partial charge on any atom is 0.150 e. The number of rotatable bonds is 2. The van der Waals surface area contributed by atoms with Crippen molar-refractivity contribution in [3.05, 3.63) is 34.4 Å². The molecule has 2 nitrogen and oxygen atoms in total. The lowest BCUT2D eigenvalue weighted by Gasteiger charge is -2.06. The molecule has 0 aliphatic carbocycles. The normalized spacial score (nSPS) is 9.92. The SMILES string of the molecule is Cc1cc(C)c(C=O)c(CO)c1. The molecule has 1 aromatic rings. The largest absolute Gasteiger partial charge is 0.392 e. The van der Waals surface area contributed by atoms with Gasteiger partial charge in [0.1, 0.15) is 0 Å². The Hall–Kier alpha value is -1.15. The first-order valence-electron chi connectivity index (χ1n) is 3.85. The molecule has 0 aliphatic rings. The molecule has 0 bridgehead atoms. The molecule has 0 aliphatic heterocycles. The third-order valence-corrected chi connectivity index (χ3v) is 1.91. The van der Waals surface area contributed by atoms with E-state index in [0.717, 1.165) is 17.4 Å². The summed E-state index contributed by atoms with van der Waals surface area (Å²) in [6.45, 7) is 3.74. The quantitative estimate of drug-likeness (QED) is 0.674. The Bertz CT molecular complexity index is 303. The molecule has 2 heteroatoms. The topological polar surface area (TPSA) is 37.3 Å². The van der Waals surface area contributed by atoms with Crippen molar-refractivity contribution in [2.24, 2.45) is 0 Å². The Morgan fingerprint density at radius 1 is 1.42 bits per heavy atom. The minimum absolute atomic E-state index is 0.0728. The van der Waals surface area contributed by atoms with E-state index in [1.807, 2.05) is 26.0 Å². The van der Waals surface area contributed by atoms with E-state index in [-0.39, 0.29) is 6.61 Å². The van der Waals surface area contributed by atoms with Crippen LogP contribution in [0, 0.1) is 13.8 Å². The number of aldehydes is 1. The van der Waals surface area contributed by atoms with Gasteiger partial charge in [0.15, 0.2) is 6.29 Å². The molecule has 1 N–H and O–H groups in total. The van der Waals surface area contributed by atoms with Crippen LogP contribution in [0.15, 0.2) is 12.1 Å². The van der Waals surface area contributed by atoms with E-state index in [4.69, 9.17) is 5.11 Å². The van der Waals surface area contributed by atoms with E-state index in [9.17, 15) is 4.79 Å². The van der Waals surface area contributed by atoms with E-state index < -0.39 is 0 Å². The molecule has 0 radical (unpaired) electrons. The van der Waals surface area contributed by atoms with E-state index in [0.29, 0.717) is 11.1 Å². The zero-order valence-corrected chi connectivity index (χ0v) is 7.29. The van der Waals surface area contributed by atoms with Crippen LogP contribution in [0.25, 0.3) is 0 Å². The molecule has 1 rings (SSSR count). The maximum atomic E-state index is 10.6. The summed E-state index contributed by atoms with van der Waals surface area (Å²) in [5, 5.41) is 8.94. The fourth-order valence-corrected chi connectivity index (χ4v) is 1.37. The third-order valence-electron chi connectivity index (χ3n) is 1.91. The summed E-state index contributed by atoms with van der Waals surface area (Å²) in [7, 11) is 0. The molecule has 1 aromatic carbocycles. The highest BCUT2D eigenvalue weighted by Gasteiger charge is 2.04. The van der Waals surface area contributed by atoms with Gasteiger partial charge in [0.2, 0.25) is 0 Å². The second-order valence-electron chi connectivity index (χ2n) is 2.93. The number of aliphatic hydroxyl groups excluding tert-OH is 1. The van der Waals surface area contributed by atoms with Gasteiger partial charge in [-0.25, -0.2) is 0 Å². The van der Waals surface area contributed by atoms with Crippen molar-refractivity contribution in [3.63, 3.8) is 0 Å². The Kier molecular flexibility index (Phi) is 2.61. The summed E-state index contributed by atoms with van der Waals surface area (Å²) in [6.07, 6.45) is 0.792. The summed E-state index contributed by atoms with van der Waals surface area (Å²) in [4.78, 5) is 10.6. The van der Waals surface area contributed by atoms with Gasteiger partial charge < -0.3 is 5.11 Å². The van der Waals surface area contributed by atoms with E-state index >= 15 is 0 Å². The van der Waals surface area contributed by atoms with Crippen LogP contribution in [-0.2, 0) is 6.61 Å². The first-order chi connectivity index (χ1) is 5.69. The predicted octanol–water partition coefficient (Wildman–Crippen LogP) is 1.61. The fraction of sp³-hybridized carbons (Fsp3) is 0.300. The molecule has 12 heavy (non-hydrogen) atoms. The molecule has 0 aromatic heterocycles. The summed E-state index contributed by atoms with van der Waals surface area (Å²) < 4.78 is 0. The average Bonchev–Trinajstić information content (AvgIpc) is 2.03. The molecule has 0 unspecified atom stereocenters. The molecule has 0 spiro atoms. The molecule has 64 valence electrons. The number of carbonyl (C=O) groups is 1. The molecular weight excluding hydrogens is 152 g/mol. The Balaban J connectivity index is 3.33. The minimum atomic E-state index is -0.0728. The van der Waals surface area contributed by atoms with Gasteiger partial charge in [0.05, 0.1) is 6.61 Å². The molecule has 0 saturated heterocycles. The number of aliphatic hydroxyl groups is 1. The van der Waals surface area contributed by atoms with Crippen molar-refractivity contribution in [3.8, 4) is 0 Å². The van der Waals surface area contributed by atoms with Gasteiger partial charge >= 0.3 is 0 Å². The lowest BCUT2D eigenvalue weighted by Crippen LogP contribution is -1.96. The maximum absolute atomic E-state index is 10.6. The van der Waals surface area contributed by atoms with Gasteiger partial charge in [-0.05, 0) is 25.0 Å². The first kappa shape index (κ1) is 8.94. The molecule has 0 heterocycles. The number of benzene rings is 1. The van der Waals surface area contributed by atoms with Crippen LogP contribution in [-0.4, -0.2) is 11.4 Å². The fourth-order valence-electron chi connectivity index (χ4n) is 1.37. The van der Waals surface area contributed by atoms with Crippen molar-refractivity contribution in [1.82, 2.24) is 0 Å². The predicted molar refractivity (Wildman–Crippen MR) is 47.2 cm³/mol. The van der Waals surface area contributed by atoms with Crippen LogP contribution in [0.5, 0.6) is 0 Å². The van der Waals surface area contributed by atoms with Crippen LogP contribution < -0.4 is 0 Å². The van der Waals surface area contributed by atoms with E-state index in [2.05, 4.69) is 0 Å². The lowest BCUT2D eigenvalue weighted by atomic mass is 10.0. The standard InChI is InChI=1S/C10H12O2/c1-7-3-8(2)10(6-12)9(4-7)5-11/h3-4,6,11H,5H2,1-2H3. The van der Waals surface area contributed by atoms with Gasteiger partial charge in [0.25, 0.3) is 0 Å². The average molecular weight is 164 g/mol. The van der Waals surface area contributed by atoms with Gasteiger partial charge in [-0.2, -0.15) is 0 Å². The van der Waals surface area contributed by atoms with Crippen LogP contribution in [0.2, 0.25) is 0 Å². The summed E-state index contributed by atoms with van der Waals surface area (Å²) in [5.74, 6) is 0. The molecule has 0 amide bonds. The summed E-state index contributed by atoms with van der Waals surface area (Å²) in [5.41, 5.74) is 3.32. The number of aryl methyl sites for hydroxylation is 2. The van der Waals surface area contributed by atoms with Gasteiger partial charge in [-0.3, -0.25) is 4.79 Å². The highest BCUT2D eigenvalue weighted by molar-refractivity contribution is 5.79. The Morgan fingerprint density at radius 2 is 2.08 bits per heavy atom. The summed E-state index contributed by atoms with van der Waals surface area (Å²) >= 11 is 0. The molecule has 0 saturated carbocycles. The Labute approximate surface area is 71.8 Å². The van der Waals surface area contributed by atoms with Crippen LogP contribution >= 0.6 is 0 Å². The number of hydrogen-bond donors (Lipinski definition) is 1. The van der Waals surface area contributed by atoms with Gasteiger partial charge in [-0.15, -0.1) is 0 Å². The third kappa shape index (κ3) is 1.53. The van der Waals surface area contributed by atoms with Crippen molar-refractivity contribution >= 4 is 6.29 Å². The zero-order chi connectivity index (χ0) is 9.14. The zero-order valence-electron chi connectivity index (χ0n) is 7.29.